The molecule has 0 aliphatic carbocycles. The molecule has 0 spiro atoms. The van der Waals surface area contributed by atoms with Gasteiger partial charge in [-0.3, -0.25) is 4.72 Å². The largest absolute Gasteiger partial charge is 0.377 e. The summed E-state index contributed by atoms with van der Waals surface area (Å²) < 4.78 is 25.0. The minimum Gasteiger partial charge on any atom is -0.377 e. The molecule has 0 amide bonds. The van der Waals surface area contributed by atoms with Crippen LogP contribution in [0.4, 0.5) is 11.4 Å². The zero-order chi connectivity index (χ0) is 13.9. The highest BCUT2D eigenvalue weighted by Crippen LogP contribution is 2.23. The van der Waals surface area contributed by atoms with Crippen LogP contribution in [0.15, 0.2) is 29.6 Å². The molecule has 0 radical (unpaired) electrons. The number of hydrogen-bond donors (Lipinski definition) is 2. The molecule has 1 aromatic heterocycles. The van der Waals surface area contributed by atoms with Gasteiger partial charge in [-0.25, -0.2) is 13.4 Å². The molecule has 2 rings (SSSR count). The Labute approximate surface area is 116 Å². The number of aryl methyl sites for hydroxylation is 1. The monoisotopic (exact) mass is 297 g/mol. The van der Waals surface area contributed by atoms with Crippen molar-refractivity contribution in [1.82, 2.24) is 4.98 Å². The number of hydrogen-bond acceptors (Lipinski definition) is 5. The predicted octanol–water partition coefficient (Wildman–Crippen LogP) is 2.44. The maximum absolute atomic E-state index is 11.3. The Morgan fingerprint density at radius 2 is 1.95 bits per heavy atom. The van der Waals surface area contributed by atoms with E-state index in [2.05, 4.69) is 15.0 Å². The number of nitrogens with zero attached hydrogens (tertiary/aromatic N) is 1. The van der Waals surface area contributed by atoms with E-state index in [-0.39, 0.29) is 0 Å². The third-order valence-corrected chi connectivity index (χ3v) is 3.88. The summed E-state index contributed by atoms with van der Waals surface area (Å²) in [7, 11) is -3.28. The number of sulfonamides is 1. The summed E-state index contributed by atoms with van der Waals surface area (Å²) in [5.41, 5.74) is 2.27. The lowest BCUT2D eigenvalue weighted by molar-refractivity contribution is 0.607. The predicted molar refractivity (Wildman–Crippen MR) is 79.1 cm³/mol. The molecule has 0 fully saturated rings. The van der Waals surface area contributed by atoms with Gasteiger partial charge in [0.1, 0.15) is 5.01 Å². The van der Waals surface area contributed by atoms with Gasteiger partial charge in [0.05, 0.1) is 24.2 Å². The molecule has 0 atom stereocenters. The summed E-state index contributed by atoms with van der Waals surface area (Å²) in [6.45, 7) is 2.51. The molecular weight excluding hydrogens is 282 g/mol. The molecule has 19 heavy (non-hydrogen) atoms. The van der Waals surface area contributed by atoms with Crippen molar-refractivity contribution in [2.24, 2.45) is 0 Å². The van der Waals surface area contributed by atoms with Crippen molar-refractivity contribution < 1.29 is 8.42 Å². The Balaban J connectivity index is 2.11. The molecule has 0 unspecified atom stereocenters. The molecule has 0 aliphatic heterocycles. The summed E-state index contributed by atoms with van der Waals surface area (Å²) in [5.74, 6) is 0. The quantitative estimate of drug-likeness (QED) is 0.889. The van der Waals surface area contributed by atoms with Crippen LogP contribution in [-0.4, -0.2) is 19.7 Å². The average Bonchev–Trinajstić information content (AvgIpc) is 2.72. The van der Waals surface area contributed by atoms with E-state index in [0.29, 0.717) is 12.2 Å². The molecule has 0 saturated heterocycles. The van der Waals surface area contributed by atoms with Crippen LogP contribution in [0.3, 0.4) is 0 Å². The number of rotatable bonds is 5. The van der Waals surface area contributed by atoms with Crippen LogP contribution in [0, 0.1) is 6.92 Å². The maximum atomic E-state index is 11.3. The highest BCUT2D eigenvalue weighted by atomic mass is 32.2. The van der Waals surface area contributed by atoms with Gasteiger partial charge in [0.2, 0.25) is 10.0 Å². The third kappa shape index (κ3) is 4.22. The molecule has 0 saturated carbocycles. The van der Waals surface area contributed by atoms with Crippen molar-refractivity contribution in [3.8, 4) is 0 Å². The molecule has 102 valence electrons. The number of thiazole rings is 1. The van der Waals surface area contributed by atoms with Crippen molar-refractivity contribution in [2.75, 3.05) is 16.3 Å². The first-order valence-electron chi connectivity index (χ1n) is 5.66. The van der Waals surface area contributed by atoms with Crippen LogP contribution in [0.1, 0.15) is 10.7 Å². The number of aromatic nitrogens is 1. The second-order valence-electron chi connectivity index (χ2n) is 4.16. The van der Waals surface area contributed by atoms with Crippen molar-refractivity contribution in [3.05, 3.63) is 40.3 Å². The summed E-state index contributed by atoms with van der Waals surface area (Å²) >= 11 is 1.58. The van der Waals surface area contributed by atoms with Crippen LogP contribution in [0.25, 0.3) is 0 Å². The molecule has 5 nitrogen and oxygen atoms in total. The highest BCUT2D eigenvalue weighted by molar-refractivity contribution is 7.92. The van der Waals surface area contributed by atoms with E-state index in [1.807, 2.05) is 24.4 Å². The van der Waals surface area contributed by atoms with E-state index in [1.165, 1.54) is 0 Å². The molecule has 7 heteroatoms. The van der Waals surface area contributed by atoms with E-state index in [4.69, 9.17) is 0 Å². The lowest BCUT2D eigenvalue weighted by Gasteiger charge is -2.11. The topological polar surface area (TPSA) is 71.1 Å². The minimum absolute atomic E-state index is 0.540. The van der Waals surface area contributed by atoms with Gasteiger partial charge in [-0.2, -0.15) is 0 Å². The number of anilines is 2. The molecule has 2 N–H and O–H groups in total. The van der Waals surface area contributed by atoms with Gasteiger partial charge in [-0.05, 0) is 19.1 Å². The van der Waals surface area contributed by atoms with Gasteiger partial charge in [-0.15, -0.1) is 11.3 Å². The van der Waals surface area contributed by atoms with E-state index < -0.39 is 10.0 Å². The third-order valence-electron chi connectivity index (χ3n) is 2.32. The molecule has 1 aromatic carbocycles. The van der Waals surface area contributed by atoms with Crippen molar-refractivity contribution >= 4 is 32.7 Å². The zero-order valence-electron chi connectivity index (χ0n) is 10.7. The van der Waals surface area contributed by atoms with Crippen molar-refractivity contribution in [1.29, 1.82) is 0 Å². The minimum atomic E-state index is -3.28. The average molecular weight is 297 g/mol. The number of nitrogens with one attached hydrogen (secondary N) is 2. The lowest BCUT2D eigenvalue weighted by Crippen LogP contribution is -2.11. The standard InChI is InChI=1S/C12H15N3O2S2/c1-9-8-18-12(14-9)7-13-10-5-3-4-6-11(10)15-19(2,16)17/h3-6,8,13,15H,7H2,1-2H3. The smallest absolute Gasteiger partial charge is 0.229 e. The van der Waals surface area contributed by atoms with Gasteiger partial charge in [-0.1, -0.05) is 12.1 Å². The second-order valence-corrected chi connectivity index (χ2v) is 6.85. The maximum Gasteiger partial charge on any atom is 0.229 e. The Kier molecular flexibility index (Phi) is 4.06. The molecule has 0 aliphatic rings. The van der Waals surface area contributed by atoms with Crippen LogP contribution in [0.2, 0.25) is 0 Å². The van der Waals surface area contributed by atoms with E-state index in [0.717, 1.165) is 22.6 Å². The van der Waals surface area contributed by atoms with Gasteiger partial charge >= 0.3 is 0 Å². The normalized spacial score (nSPS) is 11.3. The fraction of sp³-hybridized carbons (Fsp3) is 0.250. The Morgan fingerprint density at radius 3 is 2.53 bits per heavy atom. The van der Waals surface area contributed by atoms with Crippen molar-refractivity contribution in [2.45, 2.75) is 13.5 Å². The number of para-hydroxylation sites is 2. The highest BCUT2D eigenvalue weighted by Gasteiger charge is 2.07. The van der Waals surface area contributed by atoms with Crippen LogP contribution in [0.5, 0.6) is 0 Å². The first-order chi connectivity index (χ1) is 8.94. The summed E-state index contributed by atoms with van der Waals surface area (Å²) in [5, 5.41) is 6.13. The molecule has 2 aromatic rings. The first kappa shape index (κ1) is 13.8. The summed E-state index contributed by atoms with van der Waals surface area (Å²) in [4.78, 5) is 4.35. The van der Waals surface area contributed by atoms with Gasteiger partial charge in [0, 0.05) is 11.1 Å². The summed E-state index contributed by atoms with van der Waals surface area (Å²) in [6.07, 6.45) is 1.13. The summed E-state index contributed by atoms with van der Waals surface area (Å²) in [6, 6.07) is 7.18. The fourth-order valence-corrected chi connectivity index (χ4v) is 2.87. The Morgan fingerprint density at radius 1 is 1.26 bits per heavy atom. The van der Waals surface area contributed by atoms with E-state index >= 15 is 0 Å². The van der Waals surface area contributed by atoms with Crippen LogP contribution < -0.4 is 10.0 Å². The first-order valence-corrected chi connectivity index (χ1v) is 8.43. The Hall–Kier alpha value is -1.60. The second kappa shape index (κ2) is 5.58. The molecule has 1 heterocycles. The number of benzene rings is 1. The SMILES string of the molecule is Cc1csc(CNc2ccccc2NS(C)(=O)=O)n1. The zero-order valence-corrected chi connectivity index (χ0v) is 12.3. The molecular formula is C12H15N3O2S2. The molecule has 0 bridgehead atoms. The van der Waals surface area contributed by atoms with Gasteiger partial charge < -0.3 is 5.32 Å². The van der Waals surface area contributed by atoms with Gasteiger partial charge in [0.15, 0.2) is 0 Å². The van der Waals surface area contributed by atoms with Crippen LogP contribution in [-0.2, 0) is 16.6 Å². The van der Waals surface area contributed by atoms with E-state index in [1.54, 1.807) is 23.5 Å². The van der Waals surface area contributed by atoms with E-state index in [9.17, 15) is 8.42 Å². The lowest BCUT2D eigenvalue weighted by atomic mass is 10.3. The van der Waals surface area contributed by atoms with Crippen molar-refractivity contribution in [3.63, 3.8) is 0 Å². The Bertz CT molecular complexity index is 665. The van der Waals surface area contributed by atoms with Crippen LogP contribution >= 0.6 is 11.3 Å². The van der Waals surface area contributed by atoms with Gasteiger partial charge in [0.25, 0.3) is 0 Å². The fourth-order valence-electron chi connectivity index (χ4n) is 1.58.